The van der Waals surface area contributed by atoms with Gasteiger partial charge in [-0.15, -0.1) is 0 Å². The molecule has 2 amide bonds. The predicted octanol–water partition coefficient (Wildman–Crippen LogP) is 3.24. The molecule has 1 saturated heterocycles. The zero-order valence-electron chi connectivity index (χ0n) is 15.7. The molecule has 148 valence electrons. The highest BCUT2D eigenvalue weighted by atomic mass is 35.5. The number of hydrogen-bond donors (Lipinski definition) is 1. The van der Waals surface area contributed by atoms with E-state index in [4.69, 9.17) is 16.3 Å². The van der Waals surface area contributed by atoms with Gasteiger partial charge in [0.15, 0.2) is 6.61 Å². The van der Waals surface area contributed by atoms with E-state index in [0.717, 1.165) is 44.3 Å². The Kier molecular flexibility index (Phi) is 8.58. The first-order valence-corrected chi connectivity index (χ1v) is 9.79. The maximum atomic E-state index is 12.3. The second kappa shape index (κ2) is 10.9. The third-order valence-corrected chi connectivity index (χ3v) is 4.84. The Balaban J connectivity index is 1.87. The molecule has 1 aliphatic rings. The maximum Gasteiger partial charge on any atom is 0.308 e. The fourth-order valence-electron chi connectivity index (χ4n) is 3.15. The van der Waals surface area contributed by atoms with Crippen molar-refractivity contribution in [1.82, 2.24) is 10.2 Å². The summed E-state index contributed by atoms with van der Waals surface area (Å²) >= 11 is 5.89. The average molecular weight is 395 g/mol. The number of amides is 2. The molecule has 0 spiro atoms. The van der Waals surface area contributed by atoms with Crippen LogP contribution in [0.25, 0.3) is 0 Å². The van der Waals surface area contributed by atoms with Crippen LogP contribution < -0.4 is 5.32 Å². The van der Waals surface area contributed by atoms with Crippen LogP contribution in [-0.4, -0.2) is 42.4 Å². The van der Waals surface area contributed by atoms with Crippen LogP contribution in [0.5, 0.6) is 0 Å². The van der Waals surface area contributed by atoms with E-state index in [-0.39, 0.29) is 24.8 Å². The van der Waals surface area contributed by atoms with Crippen LogP contribution in [0.3, 0.4) is 0 Å². The number of carbonyl (C=O) groups is 3. The smallest absolute Gasteiger partial charge is 0.308 e. The van der Waals surface area contributed by atoms with Gasteiger partial charge in [-0.1, -0.05) is 43.0 Å². The molecule has 1 fully saturated rings. The van der Waals surface area contributed by atoms with Crippen molar-refractivity contribution >= 4 is 29.4 Å². The molecule has 6 nitrogen and oxygen atoms in total. The number of benzene rings is 1. The lowest BCUT2D eigenvalue weighted by atomic mass is 10.0. The Bertz CT molecular complexity index is 640. The van der Waals surface area contributed by atoms with Gasteiger partial charge in [0.25, 0.3) is 5.91 Å². The van der Waals surface area contributed by atoms with E-state index >= 15 is 0 Å². The molecule has 2 rings (SSSR count). The molecule has 27 heavy (non-hydrogen) atoms. The monoisotopic (exact) mass is 394 g/mol. The maximum absolute atomic E-state index is 12.3. The van der Waals surface area contributed by atoms with Gasteiger partial charge >= 0.3 is 5.97 Å². The number of nitrogens with zero attached hydrogens (tertiary/aromatic N) is 1. The molecule has 1 atom stereocenters. The molecule has 0 aliphatic carbocycles. The summed E-state index contributed by atoms with van der Waals surface area (Å²) in [6.45, 7) is 2.57. The molecule has 1 aromatic rings. The molecular formula is C20H27ClN2O4. The van der Waals surface area contributed by atoms with Crippen molar-refractivity contribution in [2.75, 3.05) is 19.7 Å². The number of carbonyl (C=O) groups excluding carboxylic acids is 3. The molecular weight excluding hydrogens is 368 g/mol. The summed E-state index contributed by atoms with van der Waals surface area (Å²) in [5, 5.41) is 3.31. The summed E-state index contributed by atoms with van der Waals surface area (Å²) in [5.41, 5.74) is 0.752. The first-order valence-electron chi connectivity index (χ1n) is 9.41. The first kappa shape index (κ1) is 21.2. The van der Waals surface area contributed by atoms with Gasteiger partial charge in [0.2, 0.25) is 5.91 Å². The first-order chi connectivity index (χ1) is 13.0. The lowest BCUT2D eigenvalue weighted by molar-refractivity contribution is -0.152. The number of nitrogens with one attached hydrogen (secondary N) is 1. The van der Waals surface area contributed by atoms with Crippen molar-refractivity contribution in [3.63, 3.8) is 0 Å². The molecule has 0 saturated carbocycles. The highest BCUT2D eigenvalue weighted by Gasteiger charge is 2.21. The quantitative estimate of drug-likeness (QED) is 0.751. The van der Waals surface area contributed by atoms with Crippen LogP contribution in [0.15, 0.2) is 24.3 Å². The third-order valence-electron chi connectivity index (χ3n) is 4.59. The number of likely N-dealkylation sites (tertiary alicyclic amines) is 1. The summed E-state index contributed by atoms with van der Waals surface area (Å²) in [5.74, 6) is -0.934. The van der Waals surface area contributed by atoms with Crippen molar-refractivity contribution in [3.8, 4) is 0 Å². The molecule has 1 heterocycles. The Hall–Kier alpha value is -2.08. The van der Waals surface area contributed by atoms with Gasteiger partial charge < -0.3 is 15.0 Å². The predicted molar refractivity (Wildman–Crippen MR) is 103 cm³/mol. The van der Waals surface area contributed by atoms with Crippen LogP contribution in [0.1, 0.15) is 57.1 Å². The van der Waals surface area contributed by atoms with E-state index in [1.165, 1.54) is 13.3 Å². The van der Waals surface area contributed by atoms with Crippen LogP contribution >= 0.6 is 11.6 Å². The number of rotatable bonds is 6. The lowest BCUT2D eigenvalue weighted by Gasteiger charge is -2.24. The second-order valence-corrected chi connectivity index (χ2v) is 7.25. The van der Waals surface area contributed by atoms with Crippen LogP contribution in [-0.2, 0) is 19.1 Å². The van der Waals surface area contributed by atoms with Crippen LogP contribution in [0.2, 0.25) is 5.02 Å². The molecule has 0 bridgehead atoms. The van der Waals surface area contributed by atoms with Gasteiger partial charge in [0.1, 0.15) is 0 Å². The SMILES string of the molecule is CC(=O)NC(CC(=O)OCC(=O)N1CCCCCCC1)c1ccc(Cl)cc1. The lowest BCUT2D eigenvalue weighted by Crippen LogP contribution is -2.37. The molecule has 7 heteroatoms. The standard InChI is InChI=1S/C20H27ClN2O4/c1-15(24)22-18(16-7-9-17(21)10-8-16)13-20(26)27-14-19(25)23-11-5-3-2-4-6-12-23/h7-10,18H,2-6,11-14H2,1H3,(H,22,24). The fraction of sp³-hybridized carbons (Fsp3) is 0.550. The average Bonchev–Trinajstić information content (AvgIpc) is 2.59. The van der Waals surface area contributed by atoms with Crippen molar-refractivity contribution in [1.29, 1.82) is 0 Å². The number of halogens is 1. The summed E-state index contributed by atoms with van der Waals surface area (Å²) in [6.07, 6.45) is 5.40. The summed E-state index contributed by atoms with van der Waals surface area (Å²) < 4.78 is 5.18. The van der Waals surface area contributed by atoms with E-state index in [1.807, 2.05) is 0 Å². The van der Waals surface area contributed by atoms with E-state index in [9.17, 15) is 14.4 Å². The number of ether oxygens (including phenoxy) is 1. The molecule has 1 N–H and O–H groups in total. The van der Waals surface area contributed by atoms with Gasteiger partial charge in [0, 0.05) is 25.0 Å². The minimum absolute atomic E-state index is 0.0471. The van der Waals surface area contributed by atoms with Crippen LogP contribution in [0.4, 0.5) is 0 Å². The summed E-state index contributed by atoms with van der Waals surface area (Å²) in [7, 11) is 0. The van der Waals surface area contributed by atoms with Gasteiger partial charge in [-0.2, -0.15) is 0 Å². The molecule has 0 radical (unpaired) electrons. The van der Waals surface area contributed by atoms with Crippen molar-refractivity contribution in [2.24, 2.45) is 0 Å². The van der Waals surface area contributed by atoms with Gasteiger partial charge in [-0.05, 0) is 30.5 Å². The van der Waals surface area contributed by atoms with E-state index in [0.29, 0.717) is 5.02 Å². The third kappa shape index (κ3) is 7.59. The Morgan fingerprint density at radius 1 is 1.07 bits per heavy atom. The molecule has 1 aromatic carbocycles. The zero-order valence-corrected chi connectivity index (χ0v) is 16.5. The number of hydrogen-bond acceptors (Lipinski definition) is 4. The van der Waals surface area contributed by atoms with Gasteiger partial charge in [-0.25, -0.2) is 0 Å². The molecule has 0 aromatic heterocycles. The normalized spacial score (nSPS) is 16.0. The van der Waals surface area contributed by atoms with E-state index in [2.05, 4.69) is 5.32 Å². The highest BCUT2D eigenvalue weighted by Crippen LogP contribution is 2.20. The van der Waals surface area contributed by atoms with Crippen molar-refractivity contribution in [3.05, 3.63) is 34.9 Å². The minimum atomic E-state index is -0.524. The largest absolute Gasteiger partial charge is 0.455 e. The number of esters is 1. The van der Waals surface area contributed by atoms with Crippen molar-refractivity contribution in [2.45, 2.75) is 51.5 Å². The highest BCUT2D eigenvalue weighted by molar-refractivity contribution is 6.30. The summed E-state index contributed by atoms with van der Waals surface area (Å²) in [6, 6.07) is 6.37. The molecule has 1 unspecified atom stereocenters. The Morgan fingerprint density at radius 2 is 1.67 bits per heavy atom. The topological polar surface area (TPSA) is 75.7 Å². The van der Waals surface area contributed by atoms with E-state index < -0.39 is 12.0 Å². The fourth-order valence-corrected chi connectivity index (χ4v) is 3.27. The van der Waals surface area contributed by atoms with Crippen molar-refractivity contribution < 1.29 is 19.1 Å². The second-order valence-electron chi connectivity index (χ2n) is 6.82. The van der Waals surface area contributed by atoms with Crippen LogP contribution in [0, 0.1) is 0 Å². The summed E-state index contributed by atoms with van der Waals surface area (Å²) in [4.78, 5) is 37.8. The van der Waals surface area contributed by atoms with Gasteiger partial charge in [0.05, 0.1) is 12.5 Å². The van der Waals surface area contributed by atoms with E-state index in [1.54, 1.807) is 29.2 Å². The Morgan fingerprint density at radius 3 is 2.26 bits per heavy atom. The van der Waals surface area contributed by atoms with Gasteiger partial charge in [-0.3, -0.25) is 14.4 Å². The minimum Gasteiger partial charge on any atom is -0.455 e. The Labute approximate surface area is 165 Å². The molecule has 1 aliphatic heterocycles. The zero-order chi connectivity index (χ0) is 19.6.